The molecule has 17 nitrogen and oxygen atoms in total. The van der Waals surface area contributed by atoms with Crippen molar-refractivity contribution in [2.75, 3.05) is 39.6 Å². The van der Waals surface area contributed by atoms with Crippen LogP contribution in [-0.4, -0.2) is 96.7 Å². The van der Waals surface area contributed by atoms with Gasteiger partial charge in [-0.25, -0.2) is 9.13 Å². The van der Waals surface area contributed by atoms with Crippen molar-refractivity contribution < 1.29 is 80.2 Å². The van der Waals surface area contributed by atoms with Crippen molar-refractivity contribution in [3.8, 4) is 0 Å². The fourth-order valence-corrected chi connectivity index (χ4v) is 12.0. The first-order valence-corrected chi connectivity index (χ1v) is 39.0. The van der Waals surface area contributed by atoms with Crippen LogP contribution in [0.4, 0.5) is 0 Å². The minimum atomic E-state index is -4.95. The van der Waals surface area contributed by atoms with Gasteiger partial charge in [0.1, 0.15) is 19.3 Å². The molecule has 0 fully saturated rings. The molecule has 0 aliphatic rings. The fraction of sp³-hybridized carbons (Fsp3) is 0.942. The van der Waals surface area contributed by atoms with Gasteiger partial charge in [-0.1, -0.05) is 298 Å². The van der Waals surface area contributed by atoms with Crippen molar-refractivity contribution in [3.05, 3.63) is 0 Å². The monoisotopic (exact) mass is 1300 g/mol. The Kier molecular flexibility index (Phi) is 59.9. The zero-order chi connectivity index (χ0) is 65.0. The van der Waals surface area contributed by atoms with E-state index in [-0.39, 0.29) is 25.7 Å². The second kappa shape index (κ2) is 61.3. The number of ether oxygens (including phenoxy) is 4. The average Bonchev–Trinajstić information content (AvgIpc) is 3.54. The molecule has 0 amide bonds. The number of carbonyl (C=O) groups excluding carboxylic acids is 4. The lowest BCUT2D eigenvalue weighted by Gasteiger charge is -2.21. The number of rotatable bonds is 68. The number of hydrogen-bond donors (Lipinski definition) is 3. The Bertz CT molecular complexity index is 1720. The molecule has 522 valence electrons. The van der Waals surface area contributed by atoms with Crippen molar-refractivity contribution >= 4 is 39.5 Å². The normalized spacial score (nSPS) is 14.2. The Hall–Kier alpha value is -1.94. The highest BCUT2D eigenvalue weighted by atomic mass is 31.2. The highest BCUT2D eigenvalue weighted by Gasteiger charge is 2.30. The van der Waals surface area contributed by atoms with Crippen LogP contribution in [0, 0.1) is 11.8 Å². The fourth-order valence-electron chi connectivity index (χ4n) is 10.4. The highest BCUT2D eigenvalue weighted by Crippen LogP contribution is 2.45. The van der Waals surface area contributed by atoms with Crippen LogP contribution in [0.5, 0.6) is 0 Å². The second-order valence-electron chi connectivity index (χ2n) is 25.9. The molecule has 2 unspecified atom stereocenters. The van der Waals surface area contributed by atoms with Gasteiger partial charge in [-0.3, -0.25) is 37.3 Å². The molecule has 0 bridgehead atoms. The molecule has 0 radical (unpaired) electrons. The van der Waals surface area contributed by atoms with Crippen LogP contribution in [0.15, 0.2) is 0 Å². The van der Waals surface area contributed by atoms with Crippen molar-refractivity contribution in [1.82, 2.24) is 0 Å². The topological polar surface area (TPSA) is 237 Å². The summed E-state index contributed by atoms with van der Waals surface area (Å²) >= 11 is 0. The molecule has 0 aromatic heterocycles. The molecule has 0 aliphatic carbocycles. The molecule has 0 saturated carbocycles. The number of phosphoric acid groups is 2. The minimum absolute atomic E-state index is 0.105. The number of aliphatic hydroxyl groups excluding tert-OH is 1. The third kappa shape index (κ3) is 62.8. The van der Waals surface area contributed by atoms with Gasteiger partial charge in [-0.05, 0) is 37.5 Å². The lowest BCUT2D eigenvalue weighted by Crippen LogP contribution is -2.30. The highest BCUT2D eigenvalue weighted by molar-refractivity contribution is 7.47. The van der Waals surface area contributed by atoms with E-state index in [0.717, 1.165) is 102 Å². The standard InChI is InChI=1S/C69H134O17P2/c1-7-9-11-13-15-17-19-20-21-22-24-26-35-41-47-53-68(73)85-64(58-80-67(72)52-46-40-34-29-27-31-37-43-49-61(3)4)59-83-87(75,76)81-55-63(70)56-82-88(77,78)84-60-65(86-69(74)54-48-42-36-30-28-32-38-44-50-62(5)6)57-79-66(71)51-45-39-33-25-23-18-16-14-12-10-8-2/h61-65,70H,7-60H2,1-6H3,(H,75,76)(H,77,78)/t63-,64-,65-/m1/s1. The van der Waals surface area contributed by atoms with Gasteiger partial charge in [0, 0.05) is 25.7 Å². The summed E-state index contributed by atoms with van der Waals surface area (Å²) in [6.07, 6.45) is 45.8. The SMILES string of the molecule is CCCCCCCCCCCCCCCCCC(=O)O[C@H](COC(=O)CCCCCCCCCCC(C)C)COP(=O)(O)OC[C@@H](O)COP(=O)(O)OC[C@@H](COC(=O)CCCCCCCCCCCCC)OC(=O)CCCCCCCCCCC(C)C. The van der Waals surface area contributed by atoms with Crippen molar-refractivity contribution in [2.24, 2.45) is 11.8 Å². The van der Waals surface area contributed by atoms with Crippen molar-refractivity contribution in [2.45, 2.75) is 368 Å². The van der Waals surface area contributed by atoms with E-state index < -0.39 is 97.5 Å². The predicted octanol–water partition coefficient (Wildman–Crippen LogP) is 19.6. The van der Waals surface area contributed by atoms with E-state index in [9.17, 15) is 43.2 Å². The van der Waals surface area contributed by atoms with Gasteiger partial charge in [0.15, 0.2) is 12.2 Å². The molecule has 0 aromatic carbocycles. The number of esters is 4. The molecular weight excluding hydrogens is 1160 g/mol. The zero-order valence-corrected chi connectivity index (χ0v) is 58.8. The smallest absolute Gasteiger partial charge is 0.462 e. The molecule has 3 N–H and O–H groups in total. The van der Waals surface area contributed by atoms with Gasteiger partial charge in [0.2, 0.25) is 0 Å². The Morgan fingerprint density at radius 2 is 0.523 bits per heavy atom. The van der Waals surface area contributed by atoms with Crippen molar-refractivity contribution in [3.63, 3.8) is 0 Å². The number of aliphatic hydroxyl groups is 1. The number of phosphoric ester groups is 2. The molecule has 0 aliphatic heterocycles. The van der Waals surface area contributed by atoms with Gasteiger partial charge >= 0.3 is 39.5 Å². The van der Waals surface area contributed by atoms with E-state index in [4.69, 9.17) is 37.0 Å². The Morgan fingerprint density at radius 1 is 0.307 bits per heavy atom. The molecule has 0 saturated heterocycles. The van der Waals surface area contributed by atoms with Crippen LogP contribution in [0.2, 0.25) is 0 Å². The molecular formula is C69H134O17P2. The van der Waals surface area contributed by atoms with E-state index in [0.29, 0.717) is 25.7 Å². The first-order valence-electron chi connectivity index (χ1n) is 36.0. The van der Waals surface area contributed by atoms with Gasteiger partial charge < -0.3 is 33.8 Å². The first-order chi connectivity index (χ1) is 42.4. The summed E-state index contributed by atoms with van der Waals surface area (Å²) < 4.78 is 68.2. The third-order valence-electron chi connectivity index (χ3n) is 16.0. The van der Waals surface area contributed by atoms with Gasteiger partial charge in [0.25, 0.3) is 0 Å². The molecule has 0 spiro atoms. The van der Waals surface area contributed by atoms with E-state index in [2.05, 4.69) is 41.5 Å². The zero-order valence-electron chi connectivity index (χ0n) is 57.0. The summed E-state index contributed by atoms with van der Waals surface area (Å²) in [7, 11) is -9.90. The van der Waals surface area contributed by atoms with Crippen LogP contribution in [0.1, 0.15) is 350 Å². The van der Waals surface area contributed by atoms with Crippen LogP contribution in [0.3, 0.4) is 0 Å². The minimum Gasteiger partial charge on any atom is -0.462 e. The summed E-state index contributed by atoms with van der Waals surface area (Å²) in [6, 6.07) is 0. The maximum atomic E-state index is 13.0. The lowest BCUT2D eigenvalue weighted by molar-refractivity contribution is -0.161. The van der Waals surface area contributed by atoms with Crippen LogP contribution >= 0.6 is 15.6 Å². The third-order valence-corrected chi connectivity index (χ3v) is 17.9. The lowest BCUT2D eigenvalue weighted by atomic mass is 10.0. The number of unbranched alkanes of at least 4 members (excludes halogenated alkanes) is 38. The Labute approximate surface area is 537 Å². The molecule has 19 heteroatoms. The van der Waals surface area contributed by atoms with Gasteiger partial charge in [-0.2, -0.15) is 0 Å². The van der Waals surface area contributed by atoms with E-state index in [1.165, 1.54) is 167 Å². The summed E-state index contributed by atoms with van der Waals surface area (Å²) in [5, 5.41) is 10.6. The van der Waals surface area contributed by atoms with Crippen LogP contribution in [-0.2, 0) is 65.4 Å². The van der Waals surface area contributed by atoms with Crippen LogP contribution < -0.4 is 0 Å². The van der Waals surface area contributed by atoms with Crippen LogP contribution in [0.25, 0.3) is 0 Å². The molecule has 88 heavy (non-hydrogen) atoms. The quantitative estimate of drug-likeness (QED) is 0.0222. The van der Waals surface area contributed by atoms with E-state index >= 15 is 0 Å². The predicted molar refractivity (Wildman–Crippen MR) is 354 cm³/mol. The van der Waals surface area contributed by atoms with E-state index in [1.807, 2.05) is 0 Å². The second-order valence-corrected chi connectivity index (χ2v) is 28.8. The average molecular weight is 1300 g/mol. The van der Waals surface area contributed by atoms with Crippen molar-refractivity contribution in [1.29, 1.82) is 0 Å². The Balaban J connectivity index is 5.24. The summed E-state index contributed by atoms with van der Waals surface area (Å²) in [5.41, 5.74) is 0. The molecule has 0 rings (SSSR count). The maximum absolute atomic E-state index is 13.0. The largest absolute Gasteiger partial charge is 0.472 e. The molecule has 0 aromatic rings. The van der Waals surface area contributed by atoms with Gasteiger partial charge in [-0.15, -0.1) is 0 Å². The Morgan fingerprint density at radius 3 is 0.773 bits per heavy atom. The first kappa shape index (κ1) is 86.1. The molecule has 5 atom stereocenters. The van der Waals surface area contributed by atoms with E-state index in [1.54, 1.807) is 0 Å². The van der Waals surface area contributed by atoms with Gasteiger partial charge in [0.05, 0.1) is 26.4 Å². The molecule has 0 heterocycles. The summed E-state index contributed by atoms with van der Waals surface area (Å²) in [4.78, 5) is 72.5. The number of hydrogen-bond acceptors (Lipinski definition) is 15. The number of carbonyl (C=O) groups is 4. The maximum Gasteiger partial charge on any atom is 0.472 e. The summed E-state index contributed by atoms with van der Waals surface area (Å²) in [6.45, 7) is 9.47. The summed E-state index contributed by atoms with van der Waals surface area (Å²) in [5.74, 6) is -0.681.